The molecule has 2 aromatic rings. The van der Waals surface area contributed by atoms with E-state index in [0.717, 1.165) is 36.8 Å². The molecule has 0 fully saturated rings. The number of thiol groups is 1. The van der Waals surface area contributed by atoms with Crippen LogP contribution in [0.3, 0.4) is 0 Å². The molecular formula is C18H25N3S. The van der Waals surface area contributed by atoms with Gasteiger partial charge in [-0.25, -0.2) is 0 Å². The normalized spacial score (nSPS) is 11.0. The minimum Gasteiger partial charge on any atom is -0.292 e. The molecule has 22 heavy (non-hydrogen) atoms. The van der Waals surface area contributed by atoms with Gasteiger partial charge in [0.1, 0.15) is 0 Å². The van der Waals surface area contributed by atoms with Crippen molar-refractivity contribution < 1.29 is 0 Å². The summed E-state index contributed by atoms with van der Waals surface area (Å²) in [6.07, 6.45) is 8.69. The standard InChI is InChI=1S/C18H25N3S/c22-14-8-2-1-7-13-21(15-17-9-3-5-11-19-17)16-18-10-4-6-12-20-18/h3-6,9-12,22H,1-2,7-8,13-16H2. The van der Waals surface area contributed by atoms with Gasteiger partial charge in [-0.15, -0.1) is 0 Å². The second-order valence-corrected chi connectivity index (χ2v) is 5.94. The summed E-state index contributed by atoms with van der Waals surface area (Å²) in [6.45, 7) is 2.84. The first kappa shape index (κ1) is 17.0. The van der Waals surface area contributed by atoms with E-state index < -0.39 is 0 Å². The second kappa shape index (κ2) is 10.4. The van der Waals surface area contributed by atoms with E-state index in [0.29, 0.717) is 0 Å². The molecule has 0 N–H and O–H groups in total. The van der Waals surface area contributed by atoms with Crippen molar-refractivity contribution in [3.63, 3.8) is 0 Å². The minimum atomic E-state index is 0.879. The van der Waals surface area contributed by atoms with Gasteiger partial charge in [-0.05, 0) is 49.4 Å². The molecule has 2 rings (SSSR count). The predicted molar refractivity (Wildman–Crippen MR) is 94.9 cm³/mol. The van der Waals surface area contributed by atoms with Gasteiger partial charge in [0.15, 0.2) is 0 Å². The first-order chi connectivity index (χ1) is 10.9. The Balaban J connectivity index is 1.88. The van der Waals surface area contributed by atoms with Gasteiger partial charge in [0.25, 0.3) is 0 Å². The van der Waals surface area contributed by atoms with Gasteiger partial charge >= 0.3 is 0 Å². The van der Waals surface area contributed by atoms with Crippen molar-refractivity contribution in [2.75, 3.05) is 12.3 Å². The lowest BCUT2D eigenvalue weighted by molar-refractivity contribution is 0.244. The Hall–Kier alpha value is -1.39. The molecule has 0 amide bonds. The first-order valence-electron chi connectivity index (χ1n) is 8.01. The number of nitrogens with zero attached hydrogens (tertiary/aromatic N) is 3. The van der Waals surface area contributed by atoms with Gasteiger partial charge in [0.2, 0.25) is 0 Å². The lowest BCUT2D eigenvalue weighted by Crippen LogP contribution is -2.25. The Morgan fingerprint density at radius 3 is 1.86 bits per heavy atom. The zero-order valence-corrected chi connectivity index (χ0v) is 14.0. The van der Waals surface area contributed by atoms with Crippen LogP contribution in [-0.4, -0.2) is 27.2 Å². The van der Waals surface area contributed by atoms with E-state index in [9.17, 15) is 0 Å². The largest absolute Gasteiger partial charge is 0.292 e. The summed E-state index contributed by atoms with van der Waals surface area (Å²) in [7, 11) is 0. The summed E-state index contributed by atoms with van der Waals surface area (Å²) in [5.74, 6) is 0.992. The molecule has 3 nitrogen and oxygen atoms in total. The summed E-state index contributed by atoms with van der Waals surface area (Å²) in [4.78, 5) is 11.3. The van der Waals surface area contributed by atoms with Crippen LogP contribution < -0.4 is 0 Å². The number of hydrogen-bond donors (Lipinski definition) is 1. The summed E-state index contributed by atoms with van der Waals surface area (Å²) in [5, 5.41) is 0. The summed E-state index contributed by atoms with van der Waals surface area (Å²) >= 11 is 4.27. The molecule has 2 heterocycles. The fraction of sp³-hybridized carbons (Fsp3) is 0.444. The topological polar surface area (TPSA) is 29.0 Å². The lowest BCUT2D eigenvalue weighted by atomic mass is 10.2. The van der Waals surface area contributed by atoms with Crippen molar-refractivity contribution in [3.05, 3.63) is 60.2 Å². The van der Waals surface area contributed by atoms with Crippen LogP contribution in [0.5, 0.6) is 0 Å². The molecule has 0 unspecified atom stereocenters. The molecule has 0 aliphatic heterocycles. The Labute approximate surface area is 139 Å². The van der Waals surface area contributed by atoms with Crippen LogP contribution in [0.4, 0.5) is 0 Å². The van der Waals surface area contributed by atoms with Crippen LogP contribution in [0, 0.1) is 0 Å². The highest BCUT2D eigenvalue weighted by atomic mass is 32.1. The molecule has 0 atom stereocenters. The van der Waals surface area contributed by atoms with Crippen molar-refractivity contribution in [1.82, 2.24) is 14.9 Å². The molecule has 0 aliphatic carbocycles. The molecule has 0 radical (unpaired) electrons. The quantitative estimate of drug-likeness (QED) is 0.531. The molecule has 0 aliphatic rings. The van der Waals surface area contributed by atoms with Gasteiger partial charge in [-0.1, -0.05) is 25.0 Å². The maximum Gasteiger partial charge on any atom is 0.0544 e. The Bertz CT molecular complexity index is 463. The average Bonchev–Trinajstić information content (AvgIpc) is 2.56. The Morgan fingerprint density at radius 2 is 1.36 bits per heavy atom. The monoisotopic (exact) mass is 315 g/mol. The summed E-state index contributed by atoms with van der Waals surface area (Å²) in [5.41, 5.74) is 2.24. The van der Waals surface area contributed by atoms with E-state index in [-0.39, 0.29) is 0 Å². The molecule has 0 saturated heterocycles. The summed E-state index contributed by atoms with van der Waals surface area (Å²) < 4.78 is 0. The third-order valence-electron chi connectivity index (χ3n) is 3.61. The smallest absolute Gasteiger partial charge is 0.0544 e. The van der Waals surface area contributed by atoms with Crippen molar-refractivity contribution in [1.29, 1.82) is 0 Å². The molecular weight excluding hydrogens is 290 g/mol. The summed E-state index contributed by atoms with van der Waals surface area (Å²) in [6, 6.07) is 12.2. The fourth-order valence-electron chi connectivity index (χ4n) is 2.46. The van der Waals surface area contributed by atoms with Crippen molar-refractivity contribution >= 4 is 12.6 Å². The number of hydrogen-bond acceptors (Lipinski definition) is 4. The zero-order valence-electron chi connectivity index (χ0n) is 13.1. The van der Waals surface area contributed by atoms with Crippen LogP contribution in [0.15, 0.2) is 48.8 Å². The fourth-order valence-corrected chi connectivity index (χ4v) is 2.68. The lowest BCUT2D eigenvalue weighted by Gasteiger charge is -2.21. The van der Waals surface area contributed by atoms with Crippen LogP contribution in [0.25, 0.3) is 0 Å². The number of aromatic nitrogens is 2. The van der Waals surface area contributed by atoms with Crippen molar-refractivity contribution in [2.24, 2.45) is 0 Å². The van der Waals surface area contributed by atoms with E-state index in [1.54, 1.807) is 0 Å². The minimum absolute atomic E-state index is 0.879. The highest BCUT2D eigenvalue weighted by molar-refractivity contribution is 7.80. The van der Waals surface area contributed by atoms with Crippen LogP contribution >= 0.6 is 12.6 Å². The van der Waals surface area contributed by atoms with E-state index in [1.807, 2.05) is 36.7 Å². The first-order valence-corrected chi connectivity index (χ1v) is 8.65. The van der Waals surface area contributed by atoms with Gasteiger partial charge in [0, 0.05) is 25.5 Å². The maximum absolute atomic E-state index is 4.45. The molecule has 0 aromatic carbocycles. The predicted octanol–water partition coefficient (Wildman–Crippen LogP) is 3.97. The van der Waals surface area contributed by atoms with Gasteiger partial charge < -0.3 is 0 Å². The molecule has 118 valence electrons. The molecule has 2 aromatic heterocycles. The van der Waals surface area contributed by atoms with Crippen molar-refractivity contribution in [3.8, 4) is 0 Å². The third-order valence-corrected chi connectivity index (χ3v) is 3.92. The highest BCUT2D eigenvalue weighted by Crippen LogP contribution is 2.10. The van der Waals surface area contributed by atoms with Crippen LogP contribution in [0.2, 0.25) is 0 Å². The van der Waals surface area contributed by atoms with Gasteiger partial charge in [-0.2, -0.15) is 12.6 Å². The van der Waals surface area contributed by atoms with E-state index in [2.05, 4.69) is 39.6 Å². The molecule has 0 saturated carbocycles. The second-order valence-electron chi connectivity index (χ2n) is 5.49. The van der Waals surface area contributed by atoms with E-state index >= 15 is 0 Å². The highest BCUT2D eigenvalue weighted by Gasteiger charge is 2.08. The number of rotatable bonds is 10. The van der Waals surface area contributed by atoms with Crippen LogP contribution in [0.1, 0.15) is 37.1 Å². The third kappa shape index (κ3) is 6.58. The van der Waals surface area contributed by atoms with Crippen molar-refractivity contribution in [2.45, 2.75) is 38.8 Å². The molecule has 0 spiro atoms. The molecule has 0 bridgehead atoms. The molecule has 4 heteroatoms. The Kier molecular flexibility index (Phi) is 7.99. The van der Waals surface area contributed by atoms with Crippen LogP contribution in [-0.2, 0) is 13.1 Å². The van der Waals surface area contributed by atoms with Gasteiger partial charge in [-0.3, -0.25) is 14.9 Å². The number of pyridine rings is 2. The number of unbranched alkanes of at least 4 members (excludes halogenated alkanes) is 3. The maximum atomic E-state index is 4.45. The SMILES string of the molecule is SCCCCCCN(Cc1ccccn1)Cc1ccccn1. The Morgan fingerprint density at radius 1 is 0.773 bits per heavy atom. The average molecular weight is 315 g/mol. The van der Waals surface area contributed by atoms with E-state index in [4.69, 9.17) is 0 Å². The van der Waals surface area contributed by atoms with E-state index in [1.165, 1.54) is 25.7 Å². The zero-order chi connectivity index (χ0) is 15.5. The van der Waals surface area contributed by atoms with Gasteiger partial charge in [0.05, 0.1) is 11.4 Å².